The topological polar surface area (TPSA) is 52.6 Å². The molecule has 0 aromatic rings. The highest BCUT2D eigenvalue weighted by molar-refractivity contribution is 6.79. The predicted octanol–water partition coefficient (Wildman–Crippen LogP) is 3.02. The fourth-order valence-corrected chi connectivity index (χ4v) is 3.38. The van der Waals surface area contributed by atoms with E-state index in [-0.39, 0.29) is 0 Å². The van der Waals surface area contributed by atoms with Crippen molar-refractivity contribution in [1.29, 1.82) is 0 Å². The average Bonchev–Trinajstić information content (AvgIpc) is 2.22. The van der Waals surface area contributed by atoms with Gasteiger partial charge < -0.3 is 9.47 Å². The second kappa shape index (κ2) is 5.42. The first-order valence-corrected chi connectivity index (χ1v) is 9.81. The minimum atomic E-state index is -3.50. The molecule has 1 unspecified atom stereocenters. The predicted molar refractivity (Wildman–Crippen MR) is 74.3 cm³/mol. The molecule has 0 aliphatic carbocycles. The summed E-state index contributed by atoms with van der Waals surface area (Å²) >= 11 is 0. The third-order valence-corrected chi connectivity index (χ3v) is 5.35. The van der Waals surface area contributed by atoms with Gasteiger partial charge in [0, 0.05) is 0 Å². The smallest absolute Gasteiger partial charge is 0.329 e. The zero-order valence-electron chi connectivity index (χ0n) is 13.4. The number of ether oxygens (including phenoxy) is 2. The van der Waals surface area contributed by atoms with Crippen LogP contribution >= 0.6 is 0 Å². The first-order chi connectivity index (χ1) is 8.61. The molecule has 0 saturated heterocycles. The van der Waals surface area contributed by atoms with Gasteiger partial charge in [-0.15, -0.1) is 0 Å². The minimum absolute atomic E-state index is 0.894. The Labute approximate surface area is 119 Å². The van der Waals surface area contributed by atoms with Crippen LogP contribution in [0.2, 0.25) is 19.6 Å². The Kier molecular flexibility index (Phi) is 5.16. The number of methoxy groups -OCH3 is 1. The third kappa shape index (κ3) is 3.37. The van der Waals surface area contributed by atoms with E-state index in [1.807, 2.05) is 0 Å². The van der Waals surface area contributed by atoms with Gasteiger partial charge in [-0.1, -0.05) is 19.6 Å². The number of alkyl halides is 2. The van der Waals surface area contributed by atoms with Gasteiger partial charge in [0.2, 0.25) is 5.41 Å². The number of hydrogen-bond acceptors (Lipinski definition) is 4. The van der Waals surface area contributed by atoms with Crippen LogP contribution in [-0.2, 0) is 19.1 Å². The molecule has 7 heteroatoms. The molecule has 1 atom stereocenters. The van der Waals surface area contributed by atoms with Crippen molar-refractivity contribution in [2.45, 2.75) is 58.5 Å². The fourth-order valence-electron chi connectivity index (χ4n) is 1.67. The highest BCUT2D eigenvalue weighted by Crippen LogP contribution is 2.45. The van der Waals surface area contributed by atoms with Crippen molar-refractivity contribution in [3.8, 4) is 0 Å². The monoisotopic (exact) mass is 310 g/mol. The number of carbonyl (C=O) groups is 2. The Morgan fingerprint density at radius 2 is 1.35 bits per heavy atom. The molecule has 0 aromatic heterocycles. The molecule has 0 aliphatic rings. The standard InChI is InChI=1S/C13H24F2O4Si/c1-11(2,3)19-10(17)12(4,9(16)18-5)13(14,15)20(6,7)8/h1-8H3. The fraction of sp³-hybridized carbons (Fsp3) is 0.846. The summed E-state index contributed by atoms with van der Waals surface area (Å²) in [5.74, 6) is -2.54. The van der Waals surface area contributed by atoms with E-state index in [9.17, 15) is 18.4 Å². The van der Waals surface area contributed by atoms with E-state index in [4.69, 9.17) is 4.74 Å². The lowest BCUT2D eigenvalue weighted by Gasteiger charge is -2.40. The SMILES string of the molecule is COC(=O)C(C)(C(=O)OC(C)(C)C)C(F)(F)[Si](C)(C)C. The Bertz CT molecular complexity index is 396. The largest absolute Gasteiger partial charge is 0.468 e. The van der Waals surface area contributed by atoms with Crippen LogP contribution in [0.4, 0.5) is 8.78 Å². The quantitative estimate of drug-likeness (QED) is 0.455. The summed E-state index contributed by atoms with van der Waals surface area (Å²) in [4.78, 5) is 24.1. The van der Waals surface area contributed by atoms with E-state index in [0.29, 0.717) is 0 Å². The molecule has 20 heavy (non-hydrogen) atoms. The van der Waals surface area contributed by atoms with E-state index >= 15 is 0 Å². The van der Waals surface area contributed by atoms with E-state index in [0.717, 1.165) is 14.0 Å². The molecule has 0 radical (unpaired) electrons. The number of carbonyl (C=O) groups excluding carboxylic acids is 2. The summed E-state index contributed by atoms with van der Waals surface area (Å²) in [7, 11) is -2.20. The van der Waals surface area contributed by atoms with Gasteiger partial charge in [-0.05, 0) is 27.7 Å². The van der Waals surface area contributed by atoms with Crippen molar-refractivity contribution in [3.63, 3.8) is 0 Å². The number of halogens is 2. The highest BCUT2D eigenvalue weighted by Gasteiger charge is 2.68. The minimum Gasteiger partial charge on any atom is -0.468 e. The molecule has 0 bridgehead atoms. The van der Waals surface area contributed by atoms with Crippen LogP contribution in [0.1, 0.15) is 27.7 Å². The zero-order valence-corrected chi connectivity index (χ0v) is 14.4. The van der Waals surface area contributed by atoms with Gasteiger partial charge >= 0.3 is 11.9 Å². The third-order valence-electron chi connectivity index (χ3n) is 2.97. The lowest BCUT2D eigenvalue weighted by molar-refractivity contribution is -0.193. The molecule has 0 saturated carbocycles. The molecule has 0 aliphatic heterocycles. The summed E-state index contributed by atoms with van der Waals surface area (Å²) in [6.07, 6.45) is 0. The highest BCUT2D eigenvalue weighted by atomic mass is 28.3. The van der Waals surface area contributed by atoms with Crippen LogP contribution in [0.3, 0.4) is 0 Å². The van der Waals surface area contributed by atoms with Gasteiger partial charge in [-0.25, -0.2) is 8.78 Å². The Morgan fingerprint density at radius 1 is 0.950 bits per heavy atom. The van der Waals surface area contributed by atoms with E-state index < -0.39 is 36.6 Å². The molecule has 4 nitrogen and oxygen atoms in total. The summed E-state index contributed by atoms with van der Waals surface area (Å²) in [6, 6.07) is 0. The van der Waals surface area contributed by atoms with Crippen molar-refractivity contribution in [3.05, 3.63) is 0 Å². The van der Waals surface area contributed by atoms with Crippen LogP contribution in [0, 0.1) is 5.41 Å². The van der Waals surface area contributed by atoms with Crippen molar-refractivity contribution in [2.24, 2.45) is 5.41 Å². The van der Waals surface area contributed by atoms with Gasteiger partial charge in [0.1, 0.15) is 13.7 Å². The van der Waals surface area contributed by atoms with Crippen molar-refractivity contribution < 1.29 is 27.8 Å². The Hall–Kier alpha value is -0.983. The Morgan fingerprint density at radius 3 is 1.60 bits per heavy atom. The van der Waals surface area contributed by atoms with E-state index in [1.54, 1.807) is 20.8 Å². The van der Waals surface area contributed by atoms with Gasteiger partial charge in [-0.3, -0.25) is 9.59 Å². The Balaban J connectivity index is 5.90. The number of esters is 2. The van der Waals surface area contributed by atoms with Crippen LogP contribution in [0.25, 0.3) is 0 Å². The number of rotatable bonds is 4. The maximum absolute atomic E-state index is 14.7. The normalized spacial score (nSPS) is 16.3. The van der Waals surface area contributed by atoms with Gasteiger partial charge in [0.15, 0.2) is 0 Å². The molecule has 0 rings (SSSR count). The van der Waals surface area contributed by atoms with Crippen molar-refractivity contribution in [2.75, 3.05) is 7.11 Å². The molecule has 0 aromatic carbocycles. The summed E-state index contributed by atoms with van der Waals surface area (Å²) in [5.41, 5.74) is -7.11. The first kappa shape index (κ1) is 19.0. The van der Waals surface area contributed by atoms with Gasteiger partial charge in [-0.2, -0.15) is 0 Å². The summed E-state index contributed by atoms with van der Waals surface area (Å²) in [6.45, 7) is 9.71. The van der Waals surface area contributed by atoms with E-state index in [2.05, 4.69) is 4.74 Å². The van der Waals surface area contributed by atoms with Crippen LogP contribution in [0.15, 0.2) is 0 Å². The average molecular weight is 310 g/mol. The maximum atomic E-state index is 14.7. The molecular formula is C13H24F2O4Si. The van der Waals surface area contributed by atoms with Crippen molar-refractivity contribution in [1.82, 2.24) is 0 Å². The molecule has 0 amide bonds. The molecule has 0 spiro atoms. The zero-order chi connectivity index (χ0) is 16.6. The number of hydrogen-bond donors (Lipinski definition) is 0. The van der Waals surface area contributed by atoms with E-state index in [1.165, 1.54) is 19.6 Å². The van der Waals surface area contributed by atoms with Gasteiger partial charge in [0.25, 0.3) is 5.55 Å². The molecule has 0 heterocycles. The van der Waals surface area contributed by atoms with Crippen molar-refractivity contribution >= 4 is 20.0 Å². The van der Waals surface area contributed by atoms with Crippen LogP contribution < -0.4 is 0 Å². The first-order valence-electron chi connectivity index (χ1n) is 6.31. The lowest BCUT2D eigenvalue weighted by atomic mass is 9.90. The van der Waals surface area contributed by atoms with Crippen LogP contribution in [0.5, 0.6) is 0 Å². The molecule has 118 valence electrons. The molecule has 0 fully saturated rings. The second-order valence-corrected chi connectivity index (χ2v) is 12.1. The maximum Gasteiger partial charge on any atom is 0.329 e. The summed E-state index contributed by atoms with van der Waals surface area (Å²) in [5, 5.41) is 0. The summed E-state index contributed by atoms with van der Waals surface area (Å²) < 4.78 is 38.8. The second-order valence-electron chi connectivity index (χ2n) is 6.94. The van der Waals surface area contributed by atoms with Gasteiger partial charge in [0.05, 0.1) is 7.11 Å². The van der Waals surface area contributed by atoms with Crippen LogP contribution in [-0.4, -0.2) is 38.3 Å². The molecular weight excluding hydrogens is 286 g/mol. The molecule has 0 N–H and O–H groups in total. The lowest BCUT2D eigenvalue weighted by Crippen LogP contribution is -2.63.